The minimum absolute atomic E-state index is 0.123. The second-order valence-corrected chi connectivity index (χ2v) is 10.7. The van der Waals surface area contributed by atoms with Crippen molar-refractivity contribution < 1.29 is 28.6 Å². The number of rotatable bonds is 4. The van der Waals surface area contributed by atoms with Crippen LogP contribution in [0.4, 0.5) is 4.39 Å². The maximum absolute atomic E-state index is 14.1. The second-order valence-electron chi connectivity index (χ2n) is 10.7. The van der Waals surface area contributed by atoms with E-state index in [2.05, 4.69) is 10.3 Å². The van der Waals surface area contributed by atoms with E-state index in [1.165, 1.54) is 23.1 Å². The van der Waals surface area contributed by atoms with Crippen molar-refractivity contribution in [1.82, 2.24) is 10.2 Å². The number of aliphatic hydroxyl groups is 1. The van der Waals surface area contributed by atoms with Gasteiger partial charge in [-0.05, 0) is 56.7 Å². The number of nitrogens with two attached hydrogens (primary N) is 1. The molecular formula is C28H33FN4O5. The van der Waals surface area contributed by atoms with E-state index >= 15 is 0 Å². The Morgan fingerprint density at radius 2 is 1.89 bits per heavy atom. The van der Waals surface area contributed by atoms with Gasteiger partial charge >= 0.3 is 0 Å². The molecule has 202 valence electrons. The number of carbonyl (C=O) groups excluding carboxylic acids is 2. The van der Waals surface area contributed by atoms with Gasteiger partial charge in [0.05, 0.1) is 42.9 Å². The lowest BCUT2D eigenvalue weighted by molar-refractivity contribution is -0.131. The topological polar surface area (TPSA) is 126 Å². The zero-order chi connectivity index (χ0) is 27.2. The van der Waals surface area contributed by atoms with Crippen molar-refractivity contribution in [3.63, 3.8) is 0 Å². The van der Waals surface area contributed by atoms with Crippen LogP contribution in [-0.2, 0) is 4.79 Å². The van der Waals surface area contributed by atoms with Crippen LogP contribution in [-0.4, -0.2) is 52.1 Å². The molecule has 0 spiro atoms. The molecule has 0 radical (unpaired) electrons. The lowest BCUT2D eigenvalue weighted by Gasteiger charge is -2.40. The van der Waals surface area contributed by atoms with Crippen molar-refractivity contribution in [3.05, 3.63) is 58.9 Å². The minimum atomic E-state index is -1.38. The Balaban J connectivity index is 1.47. The van der Waals surface area contributed by atoms with E-state index < -0.39 is 34.9 Å². The van der Waals surface area contributed by atoms with Gasteiger partial charge in [-0.3, -0.25) is 14.5 Å². The Labute approximate surface area is 220 Å². The third-order valence-electron chi connectivity index (χ3n) is 7.83. The molecule has 4 N–H and O–H groups in total. The van der Waals surface area contributed by atoms with Crippen LogP contribution in [0.1, 0.15) is 80.0 Å². The average molecular weight is 525 g/mol. The molecule has 38 heavy (non-hydrogen) atoms. The molecule has 10 heteroatoms. The fourth-order valence-electron chi connectivity index (χ4n) is 5.40. The van der Waals surface area contributed by atoms with Crippen LogP contribution < -0.4 is 20.5 Å². The van der Waals surface area contributed by atoms with Gasteiger partial charge in [-0.15, -0.1) is 0 Å². The highest BCUT2D eigenvalue weighted by atomic mass is 19.1. The number of nitrogens with one attached hydrogen (secondary N) is 1. The Hall–Kier alpha value is -3.66. The summed E-state index contributed by atoms with van der Waals surface area (Å²) in [6.07, 6.45) is 1.65. The molecule has 2 amide bonds. The number of fused-ring (bicyclic) bond motifs is 2. The Morgan fingerprint density at radius 1 is 1.18 bits per heavy atom. The van der Waals surface area contributed by atoms with E-state index in [0.29, 0.717) is 47.6 Å². The summed E-state index contributed by atoms with van der Waals surface area (Å²) in [7, 11) is 0. The predicted molar refractivity (Wildman–Crippen MR) is 138 cm³/mol. The van der Waals surface area contributed by atoms with Gasteiger partial charge in [0.2, 0.25) is 5.91 Å². The standard InChI is InChI=1S/C28H33FN4O5/c1-4-27(2)15-23(34)33(26(30)32-27)20-9-11-37-21-7-5-16(13-18(20)21)25(35)31-24-19-14-17(29)6-8-22(19)38-12-10-28(24,3)36/h5-8,13-14,20,24,36H,4,9-12,15H2,1-3H3,(H2,30,32)(H,31,35)/t20-,24?,27-,28?/m1/s1. The van der Waals surface area contributed by atoms with E-state index in [9.17, 15) is 19.1 Å². The zero-order valence-corrected chi connectivity index (χ0v) is 21.8. The summed E-state index contributed by atoms with van der Waals surface area (Å²) in [6.45, 7) is 6.08. The largest absolute Gasteiger partial charge is 0.493 e. The number of aliphatic imine (C=N–C) groups is 1. The van der Waals surface area contributed by atoms with Crippen LogP contribution in [0.3, 0.4) is 0 Å². The van der Waals surface area contributed by atoms with Crippen LogP contribution in [0.2, 0.25) is 0 Å². The highest BCUT2D eigenvalue weighted by Crippen LogP contribution is 2.41. The molecule has 0 saturated heterocycles. The number of ether oxygens (including phenoxy) is 2. The molecule has 0 saturated carbocycles. The van der Waals surface area contributed by atoms with E-state index in [-0.39, 0.29) is 31.3 Å². The van der Waals surface area contributed by atoms with Gasteiger partial charge in [-0.1, -0.05) is 6.92 Å². The van der Waals surface area contributed by atoms with Gasteiger partial charge in [0.25, 0.3) is 5.91 Å². The molecule has 0 aliphatic carbocycles. The highest BCUT2D eigenvalue weighted by Gasteiger charge is 2.41. The number of benzene rings is 2. The summed E-state index contributed by atoms with van der Waals surface area (Å²) >= 11 is 0. The first kappa shape index (κ1) is 26.0. The average Bonchev–Trinajstić information content (AvgIpc) is 2.98. The number of hydrogen-bond donors (Lipinski definition) is 3. The summed E-state index contributed by atoms with van der Waals surface area (Å²) in [5.74, 6) is 0.0387. The van der Waals surface area contributed by atoms with E-state index in [4.69, 9.17) is 15.2 Å². The summed E-state index contributed by atoms with van der Waals surface area (Å²) in [6, 6.07) is 7.68. The molecule has 9 nitrogen and oxygen atoms in total. The van der Waals surface area contributed by atoms with Gasteiger partial charge in [0.1, 0.15) is 17.3 Å². The summed E-state index contributed by atoms with van der Waals surface area (Å²) < 4.78 is 25.7. The first-order valence-electron chi connectivity index (χ1n) is 12.9. The third kappa shape index (κ3) is 4.69. The van der Waals surface area contributed by atoms with Crippen LogP contribution >= 0.6 is 0 Å². The fourth-order valence-corrected chi connectivity index (χ4v) is 5.40. The van der Waals surface area contributed by atoms with Crippen molar-refractivity contribution in [2.24, 2.45) is 10.7 Å². The van der Waals surface area contributed by atoms with Gasteiger partial charge in [-0.25, -0.2) is 9.38 Å². The lowest BCUT2D eigenvalue weighted by Crippen LogP contribution is -2.52. The smallest absolute Gasteiger partial charge is 0.251 e. The van der Waals surface area contributed by atoms with E-state index in [1.54, 1.807) is 25.1 Å². The summed E-state index contributed by atoms with van der Waals surface area (Å²) in [5, 5.41) is 14.0. The lowest BCUT2D eigenvalue weighted by atomic mass is 9.87. The molecule has 2 unspecified atom stereocenters. The van der Waals surface area contributed by atoms with Crippen molar-refractivity contribution in [2.75, 3.05) is 13.2 Å². The number of guanidine groups is 1. The first-order chi connectivity index (χ1) is 18.0. The fraction of sp³-hybridized carbons (Fsp3) is 0.464. The predicted octanol–water partition coefficient (Wildman–Crippen LogP) is 3.37. The second kappa shape index (κ2) is 9.58. The molecular weight excluding hydrogens is 491 g/mol. The molecule has 4 atom stereocenters. The Kier molecular flexibility index (Phi) is 6.54. The number of nitrogens with zero attached hydrogens (tertiary/aromatic N) is 2. The maximum Gasteiger partial charge on any atom is 0.251 e. The van der Waals surface area contributed by atoms with Crippen LogP contribution in [0.25, 0.3) is 0 Å². The van der Waals surface area contributed by atoms with Gasteiger partial charge in [-0.2, -0.15) is 0 Å². The molecule has 0 bridgehead atoms. The molecule has 3 heterocycles. The molecule has 5 rings (SSSR count). The monoisotopic (exact) mass is 524 g/mol. The minimum Gasteiger partial charge on any atom is -0.493 e. The normalized spacial score (nSPS) is 28.7. The van der Waals surface area contributed by atoms with Crippen molar-refractivity contribution in [2.45, 2.75) is 69.7 Å². The van der Waals surface area contributed by atoms with Crippen molar-refractivity contribution in [3.8, 4) is 11.5 Å². The highest BCUT2D eigenvalue weighted by molar-refractivity contribution is 6.00. The molecule has 3 aliphatic heterocycles. The number of amides is 2. The summed E-state index contributed by atoms with van der Waals surface area (Å²) in [5.41, 5.74) is 5.69. The molecule has 0 aromatic heterocycles. The Morgan fingerprint density at radius 3 is 2.63 bits per heavy atom. The number of carbonyl (C=O) groups is 2. The Bertz CT molecular complexity index is 1310. The summed E-state index contributed by atoms with van der Waals surface area (Å²) in [4.78, 5) is 32.8. The number of hydrogen-bond acceptors (Lipinski definition) is 7. The SMILES string of the molecule is CC[C@]1(C)CC(=O)N([C@@H]2CCOc3ccc(C(=O)NC4c5cc(F)ccc5OCCC4(C)O)cc32)C(N)=N1. The number of halogens is 1. The van der Waals surface area contributed by atoms with Crippen molar-refractivity contribution in [1.29, 1.82) is 0 Å². The van der Waals surface area contributed by atoms with E-state index in [1.807, 2.05) is 13.8 Å². The molecule has 2 aromatic rings. The van der Waals surface area contributed by atoms with Crippen LogP contribution in [0.15, 0.2) is 41.4 Å². The zero-order valence-electron chi connectivity index (χ0n) is 21.8. The molecule has 3 aliphatic rings. The third-order valence-corrected chi connectivity index (χ3v) is 7.83. The molecule has 2 aromatic carbocycles. The van der Waals surface area contributed by atoms with Gasteiger partial charge < -0.3 is 25.6 Å². The maximum atomic E-state index is 14.1. The van der Waals surface area contributed by atoms with Crippen LogP contribution in [0, 0.1) is 5.82 Å². The van der Waals surface area contributed by atoms with E-state index in [0.717, 1.165) is 0 Å². The van der Waals surface area contributed by atoms with Crippen LogP contribution in [0.5, 0.6) is 11.5 Å². The van der Waals surface area contributed by atoms with Gasteiger partial charge in [0, 0.05) is 29.5 Å². The quantitative estimate of drug-likeness (QED) is 0.563. The first-order valence-corrected chi connectivity index (χ1v) is 12.9. The van der Waals surface area contributed by atoms with Gasteiger partial charge in [0.15, 0.2) is 5.96 Å². The molecule has 0 fully saturated rings. The van der Waals surface area contributed by atoms with Crippen molar-refractivity contribution >= 4 is 17.8 Å².